The summed E-state index contributed by atoms with van der Waals surface area (Å²) in [4.78, 5) is 0. The van der Waals surface area contributed by atoms with Crippen molar-refractivity contribution in [2.75, 3.05) is 0 Å². The maximum absolute atomic E-state index is 11.6. The van der Waals surface area contributed by atoms with Crippen LogP contribution in [0.25, 0.3) is 132 Å². The van der Waals surface area contributed by atoms with Gasteiger partial charge in [-0.05, 0) is 94.3 Å². The molecule has 0 atom stereocenters. The molecule has 0 aliphatic carbocycles. The van der Waals surface area contributed by atoms with Crippen LogP contribution in [0.1, 0.15) is 22.3 Å². The van der Waals surface area contributed by atoms with Gasteiger partial charge in [-0.1, -0.05) is 133 Å². The molecule has 0 fully saturated rings. The van der Waals surface area contributed by atoms with Crippen LogP contribution in [0.5, 0.6) is 0 Å². The molecule has 4 aromatic heterocycles. The largest absolute Gasteiger partial charge is 0.309 e. The molecule has 0 amide bonds. The van der Waals surface area contributed by atoms with Crippen LogP contribution >= 0.6 is 0 Å². The maximum Gasteiger partial charge on any atom is 0.103 e. The molecular weight excluding hydrogens is 905 g/mol. The number of para-hydroxylation sites is 4. The highest BCUT2D eigenvalue weighted by Crippen LogP contribution is 2.46. The SMILES string of the molecule is N#Cc1c(C#N)c(-n2c3ccc(-n4c5ccccc5c5ccccc54)cc3c3c4ccccc4ccc32)c(C#N)c(C#N)c1-n1c2ccc(-n3c4ccccc4c4ccccc43)cc2c2c3ccccc3ccc21. The van der Waals surface area contributed by atoms with Crippen molar-refractivity contribution in [3.05, 3.63) is 229 Å². The van der Waals surface area contributed by atoms with E-state index in [1.165, 1.54) is 0 Å². The fourth-order valence-corrected chi connectivity index (χ4v) is 12.3. The monoisotopic (exact) mass is 938 g/mol. The number of nitrogens with zero attached hydrogens (tertiary/aromatic N) is 8. The quantitative estimate of drug-likeness (QED) is 0.175. The van der Waals surface area contributed by atoms with Crippen molar-refractivity contribution < 1.29 is 0 Å². The number of fused-ring (bicyclic) bond motifs is 16. The molecule has 74 heavy (non-hydrogen) atoms. The van der Waals surface area contributed by atoms with Gasteiger partial charge in [0.05, 0.1) is 77.8 Å². The Labute approximate surface area is 421 Å². The third-order valence-corrected chi connectivity index (χ3v) is 15.3. The minimum atomic E-state index is -0.00540. The number of benzene rings is 11. The van der Waals surface area contributed by atoms with Crippen molar-refractivity contribution in [1.29, 1.82) is 21.0 Å². The Kier molecular flexibility index (Phi) is 8.46. The zero-order valence-electron chi connectivity index (χ0n) is 39.2. The zero-order valence-corrected chi connectivity index (χ0v) is 39.2. The second kappa shape index (κ2) is 15.3. The summed E-state index contributed by atoms with van der Waals surface area (Å²) in [5.74, 6) is 0. The molecule has 15 aromatic rings. The first-order chi connectivity index (χ1) is 36.6. The number of rotatable bonds is 4. The Bertz CT molecular complexity index is 4720. The lowest BCUT2D eigenvalue weighted by Crippen LogP contribution is -2.12. The molecule has 11 aromatic carbocycles. The van der Waals surface area contributed by atoms with Crippen LogP contribution in [0.3, 0.4) is 0 Å². The lowest BCUT2D eigenvalue weighted by atomic mass is 9.93. The molecule has 15 rings (SSSR count). The predicted molar refractivity (Wildman–Crippen MR) is 298 cm³/mol. The Morgan fingerprint density at radius 3 is 0.865 bits per heavy atom. The number of hydrogen-bond donors (Lipinski definition) is 0. The molecule has 8 heteroatoms. The predicted octanol–water partition coefficient (Wildman–Crippen LogP) is 15.9. The van der Waals surface area contributed by atoms with Crippen molar-refractivity contribution in [3.8, 4) is 47.0 Å². The summed E-state index contributed by atoms with van der Waals surface area (Å²) >= 11 is 0. The van der Waals surface area contributed by atoms with Crippen molar-refractivity contribution in [2.45, 2.75) is 0 Å². The zero-order chi connectivity index (χ0) is 49.3. The van der Waals surface area contributed by atoms with Gasteiger partial charge in [0.1, 0.15) is 24.3 Å². The summed E-state index contributed by atoms with van der Waals surface area (Å²) in [7, 11) is 0. The molecule has 338 valence electrons. The van der Waals surface area contributed by atoms with Crippen molar-refractivity contribution in [3.63, 3.8) is 0 Å². The Morgan fingerprint density at radius 1 is 0.243 bits per heavy atom. The van der Waals surface area contributed by atoms with Crippen LogP contribution in [0, 0.1) is 45.3 Å². The molecule has 0 spiro atoms. The van der Waals surface area contributed by atoms with E-state index in [-0.39, 0.29) is 33.6 Å². The highest BCUT2D eigenvalue weighted by Gasteiger charge is 2.31. The molecule has 0 N–H and O–H groups in total. The molecule has 0 saturated carbocycles. The van der Waals surface area contributed by atoms with E-state index in [0.29, 0.717) is 0 Å². The van der Waals surface area contributed by atoms with Gasteiger partial charge in [0.2, 0.25) is 0 Å². The van der Waals surface area contributed by atoms with Crippen molar-refractivity contribution in [2.24, 2.45) is 0 Å². The average Bonchev–Trinajstić information content (AvgIpc) is 4.19. The smallest absolute Gasteiger partial charge is 0.103 e. The average molecular weight is 939 g/mol. The van der Waals surface area contributed by atoms with E-state index in [1.807, 2.05) is 69.8 Å². The third kappa shape index (κ3) is 5.35. The Balaban J connectivity index is 1.05. The van der Waals surface area contributed by atoms with E-state index in [4.69, 9.17) is 0 Å². The van der Waals surface area contributed by atoms with E-state index in [1.54, 1.807) is 0 Å². The van der Waals surface area contributed by atoms with E-state index in [0.717, 1.165) is 120 Å². The summed E-state index contributed by atoms with van der Waals surface area (Å²) in [6.07, 6.45) is 0. The Morgan fingerprint density at radius 2 is 0.527 bits per heavy atom. The van der Waals surface area contributed by atoms with Gasteiger partial charge in [0.25, 0.3) is 0 Å². The van der Waals surface area contributed by atoms with Gasteiger partial charge in [-0.25, -0.2) is 0 Å². The molecule has 0 aliphatic rings. The summed E-state index contributed by atoms with van der Waals surface area (Å²) in [5.41, 5.74) is 9.38. The molecule has 0 unspecified atom stereocenters. The highest BCUT2D eigenvalue weighted by atomic mass is 15.0. The van der Waals surface area contributed by atoms with Gasteiger partial charge < -0.3 is 18.3 Å². The van der Waals surface area contributed by atoms with Crippen LogP contribution in [-0.2, 0) is 0 Å². The van der Waals surface area contributed by atoms with Crippen LogP contribution in [-0.4, -0.2) is 18.3 Å². The van der Waals surface area contributed by atoms with Gasteiger partial charge in [0, 0.05) is 54.5 Å². The maximum atomic E-state index is 11.6. The fourth-order valence-electron chi connectivity index (χ4n) is 12.3. The standard InChI is InChI=1S/C66H34N8/c67-35-51-53(37-69)66(74-60-32-28-42(34-50(60)64-44-16-4-2-14-40(44)26-30-62(64)74)72-57-23-11-7-19-47(57)48-20-8-12-24-58(48)72)54(38-70)52(36-68)65(51)73-59-31-27-41(33-49(59)63-43-15-3-1-13-39(43)25-29-61(63)73)71-55-21-9-5-17-45(55)46-18-6-10-22-56(46)71/h1-34H. The summed E-state index contributed by atoms with van der Waals surface area (Å²) in [5, 5.41) is 58.5. The highest BCUT2D eigenvalue weighted by molar-refractivity contribution is 6.24. The second-order valence-corrected chi connectivity index (χ2v) is 18.8. The molecule has 0 bridgehead atoms. The number of aromatic nitrogens is 4. The summed E-state index contributed by atoms with van der Waals surface area (Å²) < 4.78 is 8.40. The van der Waals surface area contributed by atoms with E-state index in [2.05, 4.69) is 179 Å². The van der Waals surface area contributed by atoms with E-state index in [9.17, 15) is 21.0 Å². The minimum absolute atomic E-state index is 0.00540. The van der Waals surface area contributed by atoms with Gasteiger partial charge in [-0.3, -0.25) is 0 Å². The van der Waals surface area contributed by atoms with Gasteiger partial charge in [-0.15, -0.1) is 0 Å². The van der Waals surface area contributed by atoms with Crippen molar-refractivity contribution in [1.82, 2.24) is 18.3 Å². The lowest BCUT2D eigenvalue weighted by Gasteiger charge is -2.20. The summed E-state index contributed by atoms with van der Waals surface area (Å²) in [6, 6.07) is 80.4. The molecule has 8 nitrogen and oxygen atoms in total. The normalized spacial score (nSPS) is 11.7. The van der Waals surface area contributed by atoms with E-state index >= 15 is 0 Å². The number of hydrogen-bond acceptors (Lipinski definition) is 4. The summed E-state index contributed by atoms with van der Waals surface area (Å²) in [6.45, 7) is 0. The topological polar surface area (TPSA) is 115 Å². The first-order valence-electron chi connectivity index (χ1n) is 24.3. The lowest BCUT2D eigenvalue weighted by molar-refractivity contribution is 1.10. The molecule has 0 saturated heterocycles. The number of nitriles is 4. The van der Waals surface area contributed by atoms with Crippen LogP contribution in [0.15, 0.2) is 206 Å². The van der Waals surface area contributed by atoms with Crippen LogP contribution in [0.4, 0.5) is 0 Å². The first kappa shape index (κ1) is 40.9. The first-order valence-corrected chi connectivity index (χ1v) is 24.3. The van der Waals surface area contributed by atoms with Crippen molar-refractivity contribution >= 4 is 109 Å². The molecular formula is C66H34N8. The second-order valence-electron chi connectivity index (χ2n) is 18.8. The van der Waals surface area contributed by atoms with Gasteiger partial charge in [-0.2, -0.15) is 21.0 Å². The van der Waals surface area contributed by atoms with Crippen LogP contribution < -0.4 is 0 Å². The molecule has 4 heterocycles. The van der Waals surface area contributed by atoms with Gasteiger partial charge in [0.15, 0.2) is 0 Å². The minimum Gasteiger partial charge on any atom is -0.309 e. The third-order valence-electron chi connectivity index (χ3n) is 15.3. The molecule has 0 radical (unpaired) electrons. The van der Waals surface area contributed by atoms with Crippen LogP contribution in [0.2, 0.25) is 0 Å². The fraction of sp³-hybridized carbons (Fsp3) is 0. The molecule has 0 aliphatic heterocycles. The Hall–Kier alpha value is -10.9. The van der Waals surface area contributed by atoms with E-state index < -0.39 is 0 Å². The van der Waals surface area contributed by atoms with Gasteiger partial charge >= 0.3 is 0 Å².